The predicted molar refractivity (Wildman–Crippen MR) is 111 cm³/mol. The topological polar surface area (TPSA) is 110 Å². The van der Waals surface area contributed by atoms with Gasteiger partial charge in [0.25, 0.3) is 5.91 Å². The number of hydrogen-bond acceptors (Lipinski definition) is 5. The Labute approximate surface area is 176 Å². The number of nitrogen functional groups attached to an aromatic ring is 1. The van der Waals surface area contributed by atoms with Crippen molar-refractivity contribution in [3.8, 4) is 11.8 Å². The number of esters is 1. The number of benzene rings is 2. The average molecular weight is 429 g/mol. The number of methoxy groups -OCH3 is 1. The van der Waals surface area contributed by atoms with E-state index in [1.165, 1.54) is 30.0 Å². The van der Waals surface area contributed by atoms with Gasteiger partial charge in [-0.1, -0.05) is 41.4 Å². The number of amides is 1. The molecule has 1 amide bonds. The van der Waals surface area contributed by atoms with Crippen molar-refractivity contribution >= 4 is 46.5 Å². The smallest absolute Gasteiger partial charge is 0.357 e. The van der Waals surface area contributed by atoms with E-state index in [1.54, 1.807) is 30.3 Å². The van der Waals surface area contributed by atoms with Gasteiger partial charge in [-0.2, -0.15) is 5.26 Å². The number of nitriles is 1. The first-order valence-electron chi connectivity index (χ1n) is 8.22. The standard InChI is InChI=1S/C20H14Cl2N4O3/c1-29-20(28)18-17(24)12(9-23)10-26(18)16-8-15(13(21)7-14(16)22)25-19(27)11-5-3-2-4-6-11/h2-8,10H,24H2,1H3,(H,25,27). The van der Waals surface area contributed by atoms with Crippen LogP contribution in [-0.2, 0) is 4.74 Å². The summed E-state index contributed by atoms with van der Waals surface area (Å²) >= 11 is 12.6. The molecule has 0 aliphatic carbocycles. The van der Waals surface area contributed by atoms with Gasteiger partial charge in [-0.3, -0.25) is 4.79 Å². The molecule has 9 heteroatoms. The van der Waals surface area contributed by atoms with Gasteiger partial charge < -0.3 is 20.4 Å². The van der Waals surface area contributed by atoms with Gasteiger partial charge in [-0.15, -0.1) is 0 Å². The van der Waals surface area contributed by atoms with Crippen LogP contribution in [0.25, 0.3) is 5.69 Å². The molecule has 0 saturated heterocycles. The van der Waals surface area contributed by atoms with Crippen molar-refractivity contribution in [3.05, 3.63) is 75.5 Å². The molecule has 0 atom stereocenters. The quantitative estimate of drug-likeness (QED) is 0.602. The van der Waals surface area contributed by atoms with E-state index in [4.69, 9.17) is 33.7 Å². The maximum absolute atomic E-state index is 12.5. The Morgan fingerprint density at radius 3 is 2.48 bits per heavy atom. The van der Waals surface area contributed by atoms with E-state index in [-0.39, 0.29) is 44.3 Å². The molecule has 1 heterocycles. The zero-order valence-corrected chi connectivity index (χ0v) is 16.6. The Hall–Kier alpha value is -3.47. The number of aromatic nitrogens is 1. The van der Waals surface area contributed by atoms with Crippen LogP contribution in [-0.4, -0.2) is 23.6 Å². The van der Waals surface area contributed by atoms with Crippen LogP contribution in [0, 0.1) is 11.3 Å². The fourth-order valence-corrected chi connectivity index (χ4v) is 3.23. The summed E-state index contributed by atoms with van der Waals surface area (Å²) < 4.78 is 6.10. The minimum Gasteiger partial charge on any atom is -0.464 e. The van der Waals surface area contributed by atoms with Crippen LogP contribution in [0.4, 0.5) is 11.4 Å². The number of anilines is 2. The van der Waals surface area contributed by atoms with Crippen LogP contribution < -0.4 is 11.1 Å². The lowest BCUT2D eigenvalue weighted by molar-refractivity contribution is 0.0593. The molecule has 3 rings (SSSR count). The maximum atomic E-state index is 12.5. The van der Waals surface area contributed by atoms with Gasteiger partial charge >= 0.3 is 5.97 Å². The van der Waals surface area contributed by atoms with Gasteiger partial charge in [0.2, 0.25) is 0 Å². The van der Waals surface area contributed by atoms with Crippen molar-refractivity contribution < 1.29 is 14.3 Å². The van der Waals surface area contributed by atoms with E-state index in [1.807, 2.05) is 6.07 Å². The van der Waals surface area contributed by atoms with Crippen LogP contribution in [0.2, 0.25) is 10.0 Å². The molecule has 0 fully saturated rings. The molecule has 0 saturated carbocycles. The Bertz CT molecular complexity index is 1150. The highest BCUT2D eigenvalue weighted by Crippen LogP contribution is 2.35. The van der Waals surface area contributed by atoms with Crippen LogP contribution >= 0.6 is 23.2 Å². The molecule has 7 nitrogen and oxygen atoms in total. The van der Waals surface area contributed by atoms with Gasteiger partial charge in [-0.25, -0.2) is 4.79 Å². The van der Waals surface area contributed by atoms with Crippen LogP contribution in [0.3, 0.4) is 0 Å². The summed E-state index contributed by atoms with van der Waals surface area (Å²) in [7, 11) is 1.19. The Kier molecular flexibility index (Phi) is 5.78. The highest BCUT2D eigenvalue weighted by atomic mass is 35.5. The third-order valence-electron chi connectivity index (χ3n) is 4.12. The molecule has 146 valence electrons. The van der Waals surface area contributed by atoms with Crippen molar-refractivity contribution in [3.63, 3.8) is 0 Å². The SMILES string of the molecule is COC(=O)c1c(N)c(C#N)cn1-c1cc(NC(=O)c2ccccc2)c(Cl)cc1Cl. The van der Waals surface area contributed by atoms with Crippen molar-refractivity contribution in [2.45, 2.75) is 0 Å². The number of halogens is 2. The van der Waals surface area contributed by atoms with Crippen molar-refractivity contribution in [1.82, 2.24) is 4.57 Å². The summed E-state index contributed by atoms with van der Waals surface area (Å²) in [5, 5.41) is 12.3. The number of nitrogens with one attached hydrogen (secondary N) is 1. The third-order valence-corrected chi connectivity index (χ3v) is 4.74. The van der Waals surface area contributed by atoms with E-state index >= 15 is 0 Å². The molecular weight excluding hydrogens is 415 g/mol. The number of rotatable bonds is 4. The Morgan fingerprint density at radius 2 is 1.86 bits per heavy atom. The highest BCUT2D eigenvalue weighted by molar-refractivity contribution is 6.38. The molecule has 0 aliphatic heterocycles. The number of nitrogens with two attached hydrogens (primary N) is 1. The van der Waals surface area contributed by atoms with Gasteiger partial charge in [0.05, 0.1) is 39.8 Å². The number of carbonyl (C=O) groups excluding carboxylic acids is 2. The highest BCUT2D eigenvalue weighted by Gasteiger charge is 2.24. The second-order valence-electron chi connectivity index (χ2n) is 5.88. The fraction of sp³-hybridized carbons (Fsp3) is 0.0500. The molecule has 3 N–H and O–H groups in total. The van der Waals surface area contributed by atoms with Crippen LogP contribution in [0.5, 0.6) is 0 Å². The predicted octanol–water partition coefficient (Wildman–Crippen LogP) is 4.28. The molecule has 0 bridgehead atoms. The molecule has 0 aliphatic rings. The minimum absolute atomic E-state index is 0.0414. The zero-order chi connectivity index (χ0) is 21.1. The van der Waals surface area contributed by atoms with Crippen molar-refractivity contribution in [2.75, 3.05) is 18.2 Å². The fourth-order valence-electron chi connectivity index (χ4n) is 2.71. The van der Waals surface area contributed by atoms with Gasteiger partial charge in [0.1, 0.15) is 6.07 Å². The molecule has 0 radical (unpaired) electrons. The Balaban J connectivity index is 2.11. The molecular formula is C20H14Cl2N4O3. The maximum Gasteiger partial charge on any atom is 0.357 e. The van der Waals surface area contributed by atoms with E-state index in [2.05, 4.69) is 5.32 Å². The first-order chi connectivity index (χ1) is 13.9. The lowest BCUT2D eigenvalue weighted by Crippen LogP contribution is -2.14. The molecule has 2 aromatic carbocycles. The van der Waals surface area contributed by atoms with Crippen molar-refractivity contribution in [1.29, 1.82) is 5.26 Å². The summed E-state index contributed by atoms with van der Waals surface area (Å²) in [6.07, 6.45) is 1.36. The first-order valence-corrected chi connectivity index (χ1v) is 8.98. The summed E-state index contributed by atoms with van der Waals surface area (Å²) in [4.78, 5) is 24.7. The zero-order valence-electron chi connectivity index (χ0n) is 15.1. The van der Waals surface area contributed by atoms with E-state index in [0.29, 0.717) is 5.56 Å². The lowest BCUT2D eigenvalue weighted by Gasteiger charge is -2.14. The number of ether oxygens (including phenoxy) is 1. The van der Waals surface area contributed by atoms with E-state index in [9.17, 15) is 14.9 Å². The monoisotopic (exact) mass is 428 g/mol. The number of nitrogens with zero attached hydrogens (tertiary/aromatic N) is 2. The summed E-state index contributed by atoms with van der Waals surface area (Å²) in [5.41, 5.74) is 6.88. The third kappa shape index (κ3) is 3.90. The molecule has 1 aromatic heterocycles. The summed E-state index contributed by atoms with van der Waals surface area (Å²) in [6.45, 7) is 0. The number of hydrogen-bond donors (Lipinski definition) is 2. The van der Waals surface area contributed by atoms with Gasteiger partial charge in [0, 0.05) is 11.8 Å². The lowest BCUT2D eigenvalue weighted by atomic mass is 10.2. The van der Waals surface area contributed by atoms with Crippen LogP contribution in [0.1, 0.15) is 26.4 Å². The Morgan fingerprint density at radius 1 is 1.17 bits per heavy atom. The second kappa shape index (κ2) is 8.27. The number of carbonyl (C=O) groups is 2. The normalized spacial score (nSPS) is 10.3. The van der Waals surface area contributed by atoms with Crippen LogP contribution in [0.15, 0.2) is 48.7 Å². The first kappa shape index (κ1) is 20.3. The summed E-state index contributed by atoms with van der Waals surface area (Å²) in [6, 6.07) is 13.4. The second-order valence-corrected chi connectivity index (χ2v) is 6.70. The van der Waals surface area contributed by atoms with Gasteiger partial charge in [0.15, 0.2) is 5.69 Å². The van der Waals surface area contributed by atoms with E-state index < -0.39 is 5.97 Å². The molecule has 0 spiro atoms. The minimum atomic E-state index is -0.745. The molecule has 0 unspecified atom stereocenters. The van der Waals surface area contributed by atoms with E-state index in [0.717, 1.165) is 0 Å². The molecule has 29 heavy (non-hydrogen) atoms. The summed E-state index contributed by atoms with van der Waals surface area (Å²) in [5.74, 6) is -1.12. The van der Waals surface area contributed by atoms with Gasteiger partial charge in [-0.05, 0) is 24.3 Å². The van der Waals surface area contributed by atoms with Crippen molar-refractivity contribution in [2.24, 2.45) is 0 Å². The average Bonchev–Trinajstić information content (AvgIpc) is 3.06. The molecule has 3 aromatic rings. The largest absolute Gasteiger partial charge is 0.464 e.